The van der Waals surface area contributed by atoms with Crippen LogP contribution >= 0.6 is 11.6 Å². The minimum atomic E-state index is -3.77. The molecule has 0 aliphatic heterocycles. The average molecular weight is 344 g/mol. The number of nitrogens with zero attached hydrogens (tertiary/aromatic N) is 2. The van der Waals surface area contributed by atoms with Gasteiger partial charge in [0.05, 0.1) is 5.75 Å². The fraction of sp³-hybridized carbons (Fsp3) is 0.308. The number of sulfone groups is 1. The molecule has 1 aromatic carbocycles. The highest BCUT2D eigenvalue weighted by Crippen LogP contribution is 2.21. The molecule has 0 unspecified atom stereocenters. The molecule has 9 heteroatoms. The van der Waals surface area contributed by atoms with Crippen LogP contribution in [0, 0.1) is 0 Å². The summed E-state index contributed by atoms with van der Waals surface area (Å²) < 4.78 is 29.6. The number of hydrogen-bond donors (Lipinski definition) is 1. The van der Waals surface area contributed by atoms with Gasteiger partial charge in [0, 0.05) is 24.9 Å². The summed E-state index contributed by atoms with van der Waals surface area (Å²) in [5.74, 6) is -0.363. The number of carbonyl (C=O) groups excluding carboxylic acids is 1. The summed E-state index contributed by atoms with van der Waals surface area (Å²) in [4.78, 5) is 10.7. The van der Waals surface area contributed by atoms with Crippen LogP contribution in [0.3, 0.4) is 0 Å². The highest BCUT2D eigenvalue weighted by atomic mass is 35.5. The number of aromatic nitrogens is 2. The van der Waals surface area contributed by atoms with E-state index < -0.39 is 15.1 Å². The lowest BCUT2D eigenvalue weighted by Gasteiger charge is -2.02. The first-order valence-electron chi connectivity index (χ1n) is 6.41. The maximum absolute atomic E-state index is 12.2. The molecule has 1 aromatic heterocycles. The van der Waals surface area contributed by atoms with Gasteiger partial charge in [-0.15, -0.1) is 5.10 Å². The van der Waals surface area contributed by atoms with Crippen LogP contribution in [-0.2, 0) is 26.8 Å². The van der Waals surface area contributed by atoms with Crippen molar-refractivity contribution in [2.75, 3.05) is 6.54 Å². The fourth-order valence-electron chi connectivity index (χ4n) is 1.69. The molecule has 1 N–H and O–H groups in total. The van der Waals surface area contributed by atoms with Gasteiger partial charge in [-0.25, -0.2) is 8.42 Å². The molecule has 7 nitrogen and oxygen atoms in total. The largest absolute Gasteiger partial charge is 0.412 e. The van der Waals surface area contributed by atoms with Crippen molar-refractivity contribution in [1.82, 2.24) is 15.5 Å². The van der Waals surface area contributed by atoms with Crippen molar-refractivity contribution in [3.63, 3.8) is 0 Å². The van der Waals surface area contributed by atoms with Gasteiger partial charge in [0.2, 0.25) is 21.6 Å². The molecular formula is C13H14ClN3O4S. The summed E-state index contributed by atoms with van der Waals surface area (Å²) in [6.45, 7) is 1.68. The van der Waals surface area contributed by atoms with Crippen LogP contribution in [0.25, 0.3) is 0 Å². The highest BCUT2D eigenvalue weighted by Gasteiger charge is 2.23. The van der Waals surface area contributed by atoms with Crippen molar-refractivity contribution in [1.29, 1.82) is 0 Å². The number of benzene rings is 1. The molecule has 0 radical (unpaired) electrons. The van der Waals surface area contributed by atoms with Gasteiger partial charge < -0.3 is 9.73 Å². The van der Waals surface area contributed by atoms with Gasteiger partial charge in [0.25, 0.3) is 0 Å². The minimum Gasteiger partial charge on any atom is -0.412 e. The number of rotatable bonds is 6. The second-order valence-electron chi connectivity index (χ2n) is 4.55. The number of carbonyl (C=O) groups is 1. The lowest BCUT2D eigenvalue weighted by Crippen LogP contribution is -2.22. The van der Waals surface area contributed by atoms with Crippen molar-refractivity contribution < 1.29 is 17.6 Å². The van der Waals surface area contributed by atoms with E-state index in [1.54, 1.807) is 24.3 Å². The molecule has 1 heterocycles. The smallest absolute Gasteiger partial charge is 0.335 e. The van der Waals surface area contributed by atoms with E-state index in [1.165, 1.54) is 6.92 Å². The lowest BCUT2D eigenvalue weighted by atomic mass is 10.2. The maximum atomic E-state index is 12.2. The Kier molecular flexibility index (Phi) is 5.15. The van der Waals surface area contributed by atoms with Crippen LogP contribution in [0.5, 0.6) is 0 Å². The fourth-order valence-corrected chi connectivity index (χ4v) is 3.15. The van der Waals surface area contributed by atoms with E-state index in [0.717, 1.165) is 0 Å². The zero-order valence-electron chi connectivity index (χ0n) is 11.7. The zero-order chi connectivity index (χ0) is 16.2. The Hall–Kier alpha value is -1.93. The minimum absolute atomic E-state index is 0.145. The Bertz CT molecular complexity index is 773. The zero-order valence-corrected chi connectivity index (χ0v) is 13.3. The first-order valence-corrected chi connectivity index (χ1v) is 8.44. The summed E-state index contributed by atoms with van der Waals surface area (Å²) in [6, 6.07) is 6.64. The van der Waals surface area contributed by atoms with Crippen LogP contribution in [0.15, 0.2) is 33.9 Å². The Morgan fingerprint density at radius 1 is 1.32 bits per heavy atom. The second-order valence-corrected chi connectivity index (χ2v) is 6.82. The van der Waals surface area contributed by atoms with E-state index in [0.29, 0.717) is 17.1 Å². The van der Waals surface area contributed by atoms with Crippen molar-refractivity contribution in [3.05, 3.63) is 40.7 Å². The molecule has 0 saturated carbocycles. The standard InChI is InChI=1S/C13H14ClN3O4S/c1-9(18)15-7-6-12-16-17-13(21-12)22(19,20)8-10-4-2-3-5-11(10)14/h2-5H,6-8H2,1H3,(H,15,18). The number of nitrogens with one attached hydrogen (secondary N) is 1. The van der Waals surface area contributed by atoms with Crippen molar-refractivity contribution in [2.24, 2.45) is 0 Å². The molecule has 0 fully saturated rings. The predicted molar refractivity (Wildman–Crippen MR) is 79.0 cm³/mol. The van der Waals surface area contributed by atoms with E-state index in [1.807, 2.05) is 0 Å². The summed E-state index contributed by atoms with van der Waals surface area (Å²) in [6.07, 6.45) is 0.258. The van der Waals surface area contributed by atoms with E-state index in [-0.39, 0.29) is 24.0 Å². The molecule has 22 heavy (non-hydrogen) atoms. The van der Waals surface area contributed by atoms with Gasteiger partial charge in [-0.2, -0.15) is 0 Å². The molecule has 0 spiro atoms. The number of amides is 1. The molecule has 1 amide bonds. The molecule has 2 aromatic rings. The van der Waals surface area contributed by atoms with Crippen molar-refractivity contribution in [3.8, 4) is 0 Å². The number of halogens is 1. The summed E-state index contributed by atoms with van der Waals surface area (Å²) >= 11 is 5.95. The Labute approximate surface area is 132 Å². The van der Waals surface area contributed by atoms with Gasteiger partial charge in [-0.3, -0.25) is 4.79 Å². The lowest BCUT2D eigenvalue weighted by molar-refractivity contribution is -0.118. The van der Waals surface area contributed by atoms with Crippen LogP contribution in [0.2, 0.25) is 5.02 Å². The monoisotopic (exact) mass is 343 g/mol. The number of hydrogen-bond acceptors (Lipinski definition) is 6. The van der Waals surface area contributed by atoms with E-state index in [4.69, 9.17) is 16.0 Å². The molecular weight excluding hydrogens is 330 g/mol. The quantitative estimate of drug-likeness (QED) is 0.850. The van der Waals surface area contributed by atoms with E-state index in [2.05, 4.69) is 15.5 Å². The van der Waals surface area contributed by atoms with Crippen molar-refractivity contribution >= 4 is 27.3 Å². The predicted octanol–water partition coefficient (Wildman–Crippen LogP) is 1.38. The van der Waals surface area contributed by atoms with Gasteiger partial charge in [-0.1, -0.05) is 34.9 Å². The third kappa shape index (κ3) is 4.28. The molecule has 0 aliphatic rings. The van der Waals surface area contributed by atoms with E-state index >= 15 is 0 Å². The van der Waals surface area contributed by atoms with Gasteiger partial charge in [-0.05, 0) is 11.6 Å². The summed E-state index contributed by atoms with van der Waals surface area (Å²) in [7, 11) is -3.77. The molecule has 0 bridgehead atoms. The van der Waals surface area contributed by atoms with Crippen LogP contribution in [-0.4, -0.2) is 31.1 Å². The molecule has 118 valence electrons. The second kappa shape index (κ2) is 6.89. The molecule has 2 rings (SSSR count). The maximum Gasteiger partial charge on any atom is 0.335 e. The SMILES string of the molecule is CC(=O)NCCc1nnc(S(=O)(=O)Cc2ccccc2Cl)o1. The summed E-state index contributed by atoms with van der Waals surface area (Å²) in [5, 5.41) is 9.67. The third-order valence-electron chi connectivity index (χ3n) is 2.73. The Morgan fingerprint density at radius 3 is 2.73 bits per heavy atom. The Balaban J connectivity index is 2.09. The van der Waals surface area contributed by atoms with Crippen LogP contribution in [0.4, 0.5) is 0 Å². The molecule has 0 atom stereocenters. The first-order chi connectivity index (χ1) is 10.4. The topological polar surface area (TPSA) is 102 Å². The third-order valence-corrected chi connectivity index (χ3v) is 4.49. The van der Waals surface area contributed by atoms with Gasteiger partial charge in [0.15, 0.2) is 0 Å². The van der Waals surface area contributed by atoms with Crippen LogP contribution < -0.4 is 5.32 Å². The first kappa shape index (κ1) is 16.4. The summed E-state index contributed by atoms with van der Waals surface area (Å²) in [5.41, 5.74) is 0.460. The highest BCUT2D eigenvalue weighted by molar-refractivity contribution is 7.90. The Morgan fingerprint density at radius 2 is 2.05 bits per heavy atom. The normalized spacial score (nSPS) is 11.4. The average Bonchev–Trinajstić information content (AvgIpc) is 2.90. The molecule has 0 aliphatic carbocycles. The van der Waals surface area contributed by atoms with Gasteiger partial charge in [0.1, 0.15) is 0 Å². The van der Waals surface area contributed by atoms with Crippen LogP contribution in [0.1, 0.15) is 18.4 Å². The van der Waals surface area contributed by atoms with Crippen molar-refractivity contribution in [2.45, 2.75) is 24.3 Å². The molecule has 0 saturated heterocycles. The van der Waals surface area contributed by atoms with Gasteiger partial charge >= 0.3 is 5.22 Å². The van der Waals surface area contributed by atoms with E-state index in [9.17, 15) is 13.2 Å².